The van der Waals surface area contributed by atoms with Gasteiger partial charge in [0.2, 0.25) is 5.91 Å². The van der Waals surface area contributed by atoms with Gasteiger partial charge in [-0.3, -0.25) is 4.79 Å². The van der Waals surface area contributed by atoms with Crippen LogP contribution in [0.5, 0.6) is 0 Å². The Hall–Kier alpha value is -0.0900. The zero-order valence-corrected chi connectivity index (χ0v) is 10.00. The minimum Gasteiger partial charge on any atom is -0.381 e. The van der Waals surface area contributed by atoms with Crippen LogP contribution in [0.4, 0.5) is 0 Å². The first-order valence-electron chi connectivity index (χ1n) is 5.22. The van der Waals surface area contributed by atoms with Crippen molar-refractivity contribution in [2.24, 2.45) is 5.92 Å². The van der Waals surface area contributed by atoms with Gasteiger partial charge in [0.05, 0.1) is 11.4 Å². The van der Waals surface area contributed by atoms with Crippen LogP contribution in [0, 0.1) is 5.92 Å². The fourth-order valence-corrected chi connectivity index (χ4v) is 2.73. The van der Waals surface area contributed by atoms with Crippen LogP contribution in [-0.4, -0.2) is 41.4 Å². The Morgan fingerprint density at radius 2 is 2.36 bits per heavy atom. The zero-order valence-electron chi connectivity index (χ0n) is 8.41. The van der Waals surface area contributed by atoms with E-state index in [1.807, 2.05) is 4.90 Å². The molecule has 0 bridgehead atoms. The Morgan fingerprint density at radius 1 is 1.57 bits per heavy atom. The van der Waals surface area contributed by atoms with Gasteiger partial charge in [0.1, 0.15) is 0 Å². The van der Waals surface area contributed by atoms with Crippen molar-refractivity contribution in [2.45, 2.75) is 30.6 Å². The summed E-state index contributed by atoms with van der Waals surface area (Å²) >= 11 is 3.40. The fraction of sp³-hybridized carbons (Fsp3) is 0.900. The summed E-state index contributed by atoms with van der Waals surface area (Å²) in [7, 11) is 0. The first-order valence-corrected chi connectivity index (χ1v) is 6.14. The molecule has 0 spiro atoms. The predicted octanol–water partition coefficient (Wildman–Crippen LogP) is 1.41. The van der Waals surface area contributed by atoms with E-state index in [0.717, 1.165) is 32.6 Å². The zero-order chi connectivity index (χ0) is 10.1. The summed E-state index contributed by atoms with van der Waals surface area (Å²) in [4.78, 5) is 13.8. The van der Waals surface area contributed by atoms with Crippen molar-refractivity contribution in [3.05, 3.63) is 0 Å². The molecule has 2 aliphatic rings. The van der Waals surface area contributed by atoms with E-state index in [9.17, 15) is 4.79 Å². The van der Waals surface area contributed by atoms with Crippen molar-refractivity contribution in [1.29, 1.82) is 0 Å². The number of ether oxygens (including phenoxy) is 1. The largest absolute Gasteiger partial charge is 0.381 e. The molecule has 2 aliphatic heterocycles. The summed E-state index contributed by atoms with van der Waals surface area (Å²) in [6.07, 6.45) is 2.04. The maximum absolute atomic E-state index is 11.7. The van der Waals surface area contributed by atoms with E-state index in [2.05, 4.69) is 22.9 Å². The van der Waals surface area contributed by atoms with Crippen molar-refractivity contribution >= 4 is 21.8 Å². The van der Waals surface area contributed by atoms with E-state index in [0.29, 0.717) is 12.0 Å². The molecule has 2 rings (SSSR count). The lowest BCUT2D eigenvalue weighted by Crippen LogP contribution is -2.40. The summed E-state index contributed by atoms with van der Waals surface area (Å²) in [6, 6.07) is 0.340. The van der Waals surface area contributed by atoms with Crippen LogP contribution in [0.1, 0.15) is 19.8 Å². The number of rotatable bonds is 2. The normalized spacial score (nSPS) is 35.3. The van der Waals surface area contributed by atoms with Crippen LogP contribution in [-0.2, 0) is 9.53 Å². The fourth-order valence-electron chi connectivity index (χ4n) is 2.26. The number of hydrogen-bond acceptors (Lipinski definition) is 2. The number of nitrogens with zero attached hydrogens (tertiary/aromatic N) is 1. The second-order valence-electron chi connectivity index (χ2n) is 4.15. The van der Waals surface area contributed by atoms with Crippen LogP contribution in [0.2, 0.25) is 0 Å². The van der Waals surface area contributed by atoms with Gasteiger partial charge in [-0.15, -0.1) is 0 Å². The average Bonchev–Trinajstić information content (AvgIpc) is 2.77. The third-order valence-electron chi connectivity index (χ3n) is 3.31. The first kappa shape index (κ1) is 10.4. The lowest BCUT2D eigenvalue weighted by atomic mass is 9.99. The average molecular weight is 262 g/mol. The van der Waals surface area contributed by atoms with E-state index in [1.54, 1.807) is 0 Å². The molecule has 0 aromatic rings. The predicted molar refractivity (Wildman–Crippen MR) is 57.4 cm³/mol. The molecule has 1 amide bonds. The molecule has 0 radical (unpaired) electrons. The van der Waals surface area contributed by atoms with Gasteiger partial charge in [-0.05, 0) is 19.8 Å². The summed E-state index contributed by atoms with van der Waals surface area (Å²) in [5.74, 6) is 0.793. The third kappa shape index (κ3) is 1.82. The van der Waals surface area contributed by atoms with E-state index < -0.39 is 0 Å². The lowest BCUT2D eigenvalue weighted by Gasteiger charge is -2.28. The monoisotopic (exact) mass is 261 g/mol. The van der Waals surface area contributed by atoms with Crippen LogP contribution in [0.15, 0.2) is 0 Å². The molecule has 0 aromatic carbocycles. The van der Waals surface area contributed by atoms with E-state index >= 15 is 0 Å². The summed E-state index contributed by atoms with van der Waals surface area (Å²) in [5.41, 5.74) is 0. The van der Waals surface area contributed by atoms with Gasteiger partial charge < -0.3 is 9.64 Å². The van der Waals surface area contributed by atoms with E-state index in [-0.39, 0.29) is 10.7 Å². The van der Waals surface area contributed by atoms with E-state index in [4.69, 9.17) is 4.74 Å². The quantitative estimate of drug-likeness (QED) is 0.704. The number of amides is 1. The van der Waals surface area contributed by atoms with E-state index in [1.165, 1.54) is 0 Å². The maximum atomic E-state index is 11.7. The minimum absolute atomic E-state index is 0.0484. The highest BCUT2D eigenvalue weighted by atomic mass is 79.9. The Balaban J connectivity index is 1.97. The lowest BCUT2D eigenvalue weighted by molar-refractivity contribution is -0.129. The smallest absolute Gasteiger partial charge is 0.236 e. The minimum atomic E-state index is 0.0484. The number of halogens is 1. The SMILES string of the molecule is CC(C1CCOC1)N1CCC(Br)C1=O. The molecule has 0 saturated carbocycles. The van der Waals surface area contributed by atoms with Crippen molar-refractivity contribution in [3.63, 3.8) is 0 Å². The van der Waals surface area contributed by atoms with Gasteiger partial charge in [0.25, 0.3) is 0 Å². The summed E-state index contributed by atoms with van der Waals surface area (Å²) < 4.78 is 5.35. The highest BCUT2D eigenvalue weighted by Crippen LogP contribution is 2.27. The first-order chi connectivity index (χ1) is 6.70. The molecule has 80 valence electrons. The van der Waals surface area contributed by atoms with Crippen molar-refractivity contribution < 1.29 is 9.53 Å². The standard InChI is InChI=1S/C10H16BrNO2/c1-7(8-3-5-14-6-8)12-4-2-9(11)10(12)13/h7-9H,2-6H2,1H3. The molecule has 2 saturated heterocycles. The van der Waals surface area contributed by atoms with Crippen LogP contribution in [0.3, 0.4) is 0 Å². The van der Waals surface area contributed by atoms with Gasteiger partial charge >= 0.3 is 0 Å². The van der Waals surface area contributed by atoms with Gasteiger partial charge in [0, 0.05) is 25.1 Å². The second kappa shape index (κ2) is 4.19. The Bertz CT molecular complexity index is 228. The van der Waals surface area contributed by atoms with Gasteiger partial charge in [0.15, 0.2) is 0 Å². The molecule has 0 aromatic heterocycles. The van der Waals surface area contributed by atoms with Gasteiger partial charge in [-0.25, -0.2) is 0 Å². The number of alkyl halides is 1. The van der Waals surface area contributed by atoms with Crippen molar-refractivity contribution in [3.8, 4) is 0 Å². The highest BCUT2D eigenvalue weighted by Gasteiger charge is 2.36. The van der Waals surface area contributed by atoms with Crippen LogP contribution in [0.25, 0.3) is 0 Å². The molecule has 14 heavy (non-hydrogen) atoms. The Kier molecular flexibility index (Phi) is 3.12. The number of hydrogen-bond donors (Lipinski definition) is 0. The molecule has 2 heterocycles. The number of carbonyl (C=O) groups is 1. The second-order valence-corrected chi connectivity index (χ2v) is 5.26. The molecule has 2 fully saturated rings. The van der Waals surface area contributed by atoms with Crippen molar-refractivity contribution in [1.82, 2.24) is 4.90 Å². The van der Waals surface area contributed by atoms with Crippen molar-refractivity contribution in [2.75, 3.05) is 19.8 Å². The molecule has 3 nitrogen and oxygen atoms in total. The molecule has 0 N–H and O–H groups in total. The molecule has 4 heteroatoms. The van der Waals surface area contributed by atoms with Crippen LogP contribution < -0.4 is 0 Å². The number of carbonyl (C=O) groups excluding carboxylic acids is 1. The molecule has 0 aliphatic carbocycles. The number of likely N-dealkylation sites (tertiary alicyclic amines) is 1. The highest BCUT2D eigenvalue weighted by molar-refractivity contribution is 9.10. The summed E-state index contributed by atoms with van der Waals surface area (Å²) in [6.45, 7) is 4.71. The van der Waals surface area contributed by atoms with Gasteiger partial charge in [-0.1, -0.05) is 15.9 Å². The Morgan fingerprint density at radius 3 is 2.86 bits per heavy atom. The molecule has 3 atom stereocenters. The van der Waals surface area contributed by atoms with Crippen LogP contribution >= 0.6 is 15.9 Å². The third-order valence-corrected chi connectivity index (χ3v) is 4.16. The maximum Gasteiger partial charge on any atom is 0.236 e. The molecular formula is C10H16BrNO2. The molecular weight excluding hydrogens is 246 g/mol. The molecule has 3 unspecified atom stereocenters. The van der Waals surface area contributed by atoms with Gasteiger partial charge in [-0.2, -0.15) is 0 Å². The summed E-state index contributed by atoms with van der Waals surface area (Å²) in [5, 5.41) is 0. The topological polar surface area (TPSA) is 29.5 Å². The Labute approximate surface area is 92.9 Å².